The van der Waals surface area contributed by atoms with E-state index in [9.17, 15) is 4.79 Å². The van der Waals surface area contributed by atoms with E-state index in [0.717, 1.165) is 17.9 Å². The summed E-state index contributed by atoms with van der Waals surface area (Å²) in [6, 6.07) is 15.0. The van der Waals surface area contributed by atoms with Crippen LogP contribution in [0.3, 0.4) is 0 Å². The summed E-state index contributed by atoms with van der Waals surface area (Å²) in [6.45, 7) is 6.95. The monoisotopic (exact) mass is 356 g/mol. The van der Waals surface area contributed by atoms with Crippen LogP contribution in [-0.4, -0.2) is 17.6 Å². The van der Waals surface area contributed by atoms with Crippen molar-refractivity contribution in [1.82, 2.24) is 5.32 Å². The first-order valence-corrected chi connectivity index (χ1v) is 8.85. The van der Waals surface area contributed by atoms with Gasteiger partial charge in [-0.15, -0.1) is 0 Å². The van der Waals surface area contributed by atoms with E-state index in [2.05, 4.69) is 31.4 Å². The zero-order chi connectivity index (χ0) is 18.2. The molecule has 0 radical (unpaired) electrons. The first-order valence-electron chi connectivity index (χ1n) is 8.44. The molecule has 132 valence electrons. The fraction of sp³-hybridized carbons (Fsp3) is 0.300. The average Bonchev–Trinajstić information content (AvgIpc) is 2.60. The van der Waals surface area contributed by atoms with Gasteiger partial charge < -0.3 is 10.1 Å². The summed E-state index contributed by atoms with van der Waals surface area (Å²) in [7, 11) is 0. The number of nitrogens with one attached hydrogen (secondary N) is 2. The summed E-state index contributed by atoms with van der Waals surface area (Å²) >= 11 is 5.23. The molecule has 0 aliphatic carbocycles. The molecule has 0 saturated heterocycles. The van der Waals surface area contributed by atoms with Crippen LogP contribution in [-0.2, 0) is 0 Å². The predicted molar refractivity (Wildman–Crippen MR) is 106 cm³/mol. The Balaban J connectivity index is 1.94. The second-order valence-electron chi connectivity index (χ2n) is 6.06. The topological polar surface area (TPSA) is 50.4 Å². The van der Waals surface area contributed by atoms with Gasteiger partial charge in [-0.25, -0.2) is 0 Å². The molecule has 0 saturated carbocycles. The van der Waals surface area contributed by atoms with Crippen molar-refractivity contribution in [3.05, 3.63) is 59.7 Å². The molecule has 2 aromatic carbocycles. The Morgan fingerprint density at radius 2 is 1.88 bits per heavy atom. The van der Waals surface area contributed by atoms with E-state index in [1.165, 1.54) is 5.56 Å². The summed E-state index contributed by atoms with van der Waals surface area (Å²) in [6.07, 6.45) is 0.946. The number of hydrogen-bond acceptors (Lipinski definition) is 3. The SMILES string of the molecule is CCCOc1cccc(NC(=S)NC(=O)c2ccc(C(C)C)cc2)c1. The zero-order valence-corrected chi connectivity index (χ0v) is 15.7. The average molecular weight is 356 g/mol. The lowest BCUT2D eigenvalue weighted by atomic mass is 10.0. The summed E-state index contributed by atoms with van der Waals surface area (Å²) < 4.78 is 5.59. The zero-order valence-electron chi connectivity index (χ0n) is 14.8. The molecule has 0 atom stereocenters. The largest absolute Gasteiger partial charge is 0.494 e. The number of ether oxygens (including phenoxy) is 1. The van der Waals surface area contributed by atoms with Crippen LogP contribution < -0.4 is 15.4 Å². The molecule has 5 heteroatoms. The van der Waals surface area contributed by atoms with E-state index in [4.69, 9.17) is 17.0 Å². The first-order chi connectivity index (χ1) is 12.0. The van der Waals surface area contributed by atoms with Gasteiger partial charge in [-0.1, -0.05) is 39.0 Å². The van der Waals surface area contributed by atoms with Crippen molar-refractivity contribution in [1.29, 1.82) is 0 Å². The molecule has 0 bridgehead atoms. The minimum Gasteiger partial charge on any atom is -0.494 e. The van der Waals surface area contributed by atoms with E-state index in [1.54, 1.807) is 0 Å². The standard InChI is InChI=1S/C20H24N2O2S/c1-4-12-24-18-7-5-6-17(13-18)21-20(25)22-19(23)16-10-8-15(9-11-16)14(2)3/h5-11,13-14H,4,12H2,1-3H3,(H2,21,22,23,25). The summed E-state index contributed by atoms with van der Waals surface area (Å²) in [5.41, 5.74) is 2.55. The van der Waals surface area contributed by atoms with Crippen molar-refractivity contribution >= 4 is 28.9 Å². The Labute approximate surface area is 154 Å². The fourth-order valence-electron chi connectivity index (χ4n) is 2.24. The highest BCUT2D eigenvalue weighted by Gasteiger charge is 2.09. The Morgan fingerprint density at radius 1 is 1.16 bits per heavy atom. The highest BCUT2D eigenvalue weighted by Crippen LogP contribution is 2.18. The minimum absolute atomic E-state index is 0.230. The highest BCUT2D eigenvalue weighted by atomic mass is 32.1. The molecule has 25 heavy (non-hydrogen) atoms. The molecule has 0 aliphatic rings. The second-order valence-corrected chi connectivity index (χ2v) is 6.47. The first kappa shape index (κ1) is 18.9. The van der Waals surface area contributed by atoms with Gasteiger partial charge in [-0.3, -0.25) is 10.1 Å². The molecule has 0 aliphatic heterocycles. The van der Waals surface area contributed by atoms with Gasteiger partial charge in [0.2, 0.25) is 0 Å². The van der Waals surface area contributed by atoms with E-state index in [-0.39, 0.29) is 11.0 Å². The third-order valence-corrected chi connectivity index (χ3v) is 3.84. The van der Waals surface area contributed by atoms with Crippen molar-refractivity contribution in [3.8, 4) is 5.75 Å². The van der Waals surface area contributed by atoms with Crippen LogP contribution in [0.25, 0.3) is 0 Å². The van der Waals surface area contributed by atoms with Crippen LogP contribution in [0.15, 0.2) is 48.5 Å². The lowest BCUT2D eigenvalue weighted by Gasteiger charge is -2.12. The van der Waals surface area contributed by atoms with Gasteiger partial charge in [-0.05, 0) is 54.4 Å². The molecule has 0 aromatic heterocycles. The lowest BCUT2D eigenvalue weighted by Crippen LogP contribution is -2.34. The van der Waals surface area contributed by atoms with Crippen LogP contribution in [0.5, 0.6) is 5.75 Å². The molecule has 4 nitrogen and oxygen atoms in total. The van der Waals surface area contributed by atoms with Gasteiger partial charge in [0.05, 0.1) is 6.61 Å². The molecular formula is C20H24N2O2S. The molecule has 0 unspecified atom stereocenters. The van der Waals surface area contributed by atoms with E-state index < -0.39 is 0 Å². The summed E-state index contributed by atoms with van der Waals surface area (Å²) in [5.74, 6) is 0.971. The quantitative estimate of drug-likeness (QED) is 0.735. The van der Waals surface area contributed by atoms with Crippen molar-refractivity contribution in [3.63, 3.8) is 0 Å². The number of amides is 1. The number of benzene rings is 2. The fourth-order valence-corrected chi connectivity index (χ4v) is 2.45. The van der Waals surface area contributed by atoms with Crippen LogP contribution in [0.1, 0.15) is 49.0 Å². The second kappa shape index (κ2) is 9.18. The van der Waals surface area contributed by atoms with Crippen LogP contribution in [0.4, 0.5) is 5.69 Å². The summed E-state index contributed by atoms with van der Waals surface area (Å²) in [4.78, 5) is 12.3. The van der Waals surface area contributed by atoms with Gasteiger partial charge >= 0.3 is 0 Å². The number of anilines is 1. The molecule has 2 aromatic rings. The Kier molecular flexibility index (Phi) is 6.95. The molecule has 0 heterocycles. The number of thiocarbonyl (C=S) groups is 1. The third-order valence-electron chi connectivity index (χ3n) is 3.63. The lowest BCUT2D eigenvalue weighted by molar-refractivity contribution is 0.0977. The Hall–Kier alpha value is -2.40. The van der Waals surface area contributed by atoms with Crippen molar-refractivity contribution in [2.45, 2.75) is 33.1 Å². The maximum atomic E-state index is 12.3. The number of hydrogen-bond donors (Lipinski definition) is 2. The molecule has 2 N–H and O–H groups in total. The van der Waals surface area contributed by atoms with Crippen LogP contribution >= 0.6 is 12.2 Å². The Bertz CT molecular complexity index is 727. The minimum atomic E-state index is -0.230. The van der Waals surface area contributed by atoms with Crippen molar-refractivity contribution < 1.29 is 9.53 Å². The van der Waals surface area contributed by atoms with Gasteiger partial charge in [-0.2, -0.15) is 0 Å². The number of carbonyl (C=O) groups excluding carboxylic acids is 1. The molecule has 0 spiro atoms. The predicted octanol–water partition coefficient (Wildman–Crippen LogP) is 4.73. The maximum Gasteiger partial charge on any atom is 0.257 e. The molecule has 2 rings (SSSR count). The summed E-state index contributed by atoms with van der Waals surface area (Å²) in [5, 5.41) is 5.96. The van der Waals surface area contributed by atoms with Gasteiger partial charge in [0.1, 0.15) is 5.75 Å². The van der Waals surface area contributed by atoms with Crippen molar-refractivity contribution in [2.75, 3.05) is 11.9 Å². The smallest absolute Gasteiger partial charge is 0.257 e. The van der Waals surface area contributed by atoms with Gasteiger partial charge in [0, 0.05) is 17.3 Å². The van der Waals surface area contributed by atoms with Gasteiger partial charge in [0.15, 0.2) is 5.11 Å². The van der Waals surface area contributed by atoms with E-state index in [0.29, 0.717) is 18.1 Å². The van der Waals surface area contributed by atoms with Gasteiger partial charge in [0.25, 0.3) is 5.91 Å². The highest BCUT2D eigenvalue weighted by molar-refractivity contribution is 7.80. The molecule has 1 amide bonds. The van der Waals surface area contributed by atoms with Crippen LogP contribution in [0.2, 0.25) is 0 Å². The molecular weight excluding hydrogens is 332 g/mol. The third kappa shape index (κ3) is 5.87. The van der Waals surface area contributed by atoms with E-state index in [1.807, 2.05) is 48.5 Å². The number of carbonyl (C=O) groups is 1. The van der Waals surface area contributed by atoms with Crippen molar-refractivity contribution in [2.24, 2.45) is 0 Å². The maximum absolute atomic E-state index is 12.3. The Morgan fingerprint density at radius 3 is 2.52 bits per heavy atom. The van der Waals surface area contributed by atoms with Crippen LogP contribution in [0, 0.1) is 0 Å². The number of rotatable bonds is 6. The molecule has 0 fully saturated rings. The normalized spacial score (nSPS) is 10.4. The van der Waals surface area contributed by atoms with E-state index >= 15 is 0 Å².